The predicted octanol–water partition coefficient (Wildman–Crippen LogP) is 2.99. The summed E-state index contributed by atoms with van der Waals surface area (Å²) in [5.41, 5.74) is 3.87. The summed E-state index contributed by atoms with van der Waals surface area (Å²) in [6.45, 7) is 3.36. The Labute approximate surface area is 175 Å². The molecule has 0 aliphatic carbocycles. The molecule has 4 aromatic rings. The van der Waals surface area contributed by atoms with E-state index in [2.05, 4.69) is 37.7 Å². The van der Waals surface area contributed by atoms with Crippen molar-refractivity contribution in [3.8, 4) is 11.5 Å². The maximum Gasteiger partial charge on any atom is 0.226 e. The lowest BCUT2D eigenvalue weighted by Crippen LogP contribution is -2.37. The zero-order valence-corrected chi connectivity index (χ0v) is 17.2. The van der Waals surface area contributed by atoms with Crippen molar-refractivity contribution >= 4 is 11.6 Å². The number of guanidine groups is 1. The highest BCUT2D eigenvalue weighted by Gasteiger charge is 2.08. The van der Waals surface area contributed by atoms with Crippen LogP contribution in [0.25, 0.3) is 17.1 Å². The highest BCUT2D eigenvalue weighted by molar-refractivity contribution is 5.79. The van der Waals surface area contributed by atoms with Crippen molar-refractivity contribution in [2.75, 3.05) is 13.6 Å². The first-order valence-electron chi connectivity index (χ1n) is 9.97. The second-order valence-electron chi connectivity index (χ2n) is 7.01. The molecule has 1 aromatic carbocycles. The molecule has 0 saturated heterocycles. The van der Waals surface area contributed by atoms with Crippen molar-refractivity contribution in [2.24, 2.45) is 4.99 Å². The van der Waals surface area contributed by atoms with Gasteiger partial charge in [0.1, 0.15) is 12.1 Å². The van der Waals surface area contributed by atoms with Gasteiger partial charge in [-0.3, -0.25) is 9.39 Å². The molecule has 2 N–H and O–H groups in total. The van der Waals surface area contributed by atoms with Crippen LogP contribution in [0.15, 0.2) is 64.3 Å². The van der Waals surface area contributed by atoms with Crippen LogP contribution in [0.1, 0.15) is 23.5 Å². The first-order chi connectivity index (χ1) is 14.7. The Morgan fingerprint density at radius 3 is 2.80 bits per heavy atom. The summed E-state index contributed by atoms with van der Waals surface area (Å²) >= 11 is 0. The third kappa shape index (κ3) is 4.65. The lowest BCUT2D eigenvalue weighted by Gasteiger charge is -2.10. The number of fused-ring (bicyclic) bond motifs is 1. The molecule has 0 radical (unpaired) electrons. The summed E-state index contributed by atoms with van der Waals surface area (Å²) in [5, 5.41) is 15.0. The van der Waals surface area contributed by atoms with Gasteiger partial charge in [-0.25, -0.2) is 4.98 Å². The van der Waals surface area contributed by atoms with Crippen LogP contribution < -0.4 is 10.6 Å². The van der Waals surface area contributed by atoms with Crippen LogP contribution in [0.2, 0.25) is 0 Å². The van der Waals surface area contributed by atoms with Gasteiger partial charge in [0.2, 0.25) is 5.89 Å². The number of oxazole rings is 1. The summed E-state index contributed by atoms with van der Waals surface area (Å²) in [4.78, 5) is 8.81. The van der Waals surface area contributed by atoms with E-state index in [0.29, 0.717) is 12.4 Å². The van der Waals surface area contributed by atoms with Crippen LogP contribution in [0.3, 0.4) is 0 Å². The number of aryl methyl sites for hydroxylation is 2. The van der Waals surface area contributed by atoms with Crippen LogP contribution in [0, 0.1) is 6.92 Å². The largest absolute Gasteiger partial charge is 0.444 e. The molecule has 3 aromatic heterocycles. The predicted molar refractivity (Wildman–Crippen MR) is 116 cm³/mol. The van der Waals surface area contributed by atoms with Gasteiger partial charge in [0, 0.05) is 31.8 Å². The summed E-state index contributed by atoms with van der Waals surface area (Å²) in [6, 6.07) is 14.0. The molecular weight excluding hydrogens is 378 g/mol. The standard InChI is InChI=1S/C22H25N7O/c1-16-8-10-17(11-9-16)21-26-18(15-30-21)14-25-22(23-2)24-12-5-7-20-28-27-19-6-3-4-13-29(19)20/h3-4,6,8-11,13,15H,5,7,12,14H2,1-2H3,(H2,23,24,25). The Morgan fingerprint density at radius 1 is 1.10 bits per heavy atom. The van der Waals surface area contributed by atoms with Crippen LogP contribution in [0.5, 0.6) is 0 Å². The minimum absolute atomic E-state index is 0.532. The first-order valence-corrected chi connectivity index (χ1v) is 9.97. The molecule has 8 nitrogen and oxygen atoms in total. The molecule has 0 spiro atoms. The Balaban J connectivity index is 1.24. The van der Waals surface area contributed by atoms with Gasteiger partial charge in [0.25, 0.3) is 0 Å². The third-order valence-corrected chi connectivity index (χ3v) is 4.76. The Hall–Kier alpha value is -3.68. The highest BCUT2D eigenvalue weighted by Crippen LogP contribution is 2.18. The van der Waals surface area contributed by atoms with E-state index in [9.17, 15) is 0 Å². The Morgan fingerprint density at radius 2 is 1.97 bits per heavy atom. The lowest BCUT2D eigenvalue weighted by atomic mass is 10.1. The fourth-order valence-corrected chi connectivity index (χ4v) is 3.13. The molecule has 0 fully saturated rings. The van der Waals surface area contributed by atoms with E-state index in [0.717, 1.165) is 48.1 Å². The van der Waals surface area contributed by atoms with Crippen molar-refractivity contribution in [1.29, 1.82) is 0 Å². The molecule has 0 atom stereocenters. The van der Waals surface area contributed by atoms with Gasteiger partial charge >= 0.3 is 0 Å². The van der Waals surface area contributed by atoms with Crippen LogP contribution in [-0.2, 0) is 13.0 Å². The van der Waals surface area contributed by atoms with Crippen molar-refractivity contribution in [3.63, 3.8) is 0 Å². The van der Waals surface area contributed by atoms with E-state index in [1.54, 1.807) is 13.3 Å². The van der Waals surface area contributed by atoms with Gasteiger partial charge in [-0.05, 0) is 37.6 Å². The lowest BCUT2D eigenvalue weighted by molar-refractivity contribution is 0.572. The molecular formula is C22H25N7O. The molecule has 0 amide bonds. The maximum atomic E-state index is 5.60. The molecule has 8 heteroatoms. The van der Waals surface area contributed by atoms with Gasteiger partial charge in [0.15, 0.2) is 11.6 Å². The van der Waals surface area contributed by atoms with Crippen LogP contribution >= 0.6 is 0 Å². The maximum absolute atomic E-state index is 5.60. The molecule has 3 heterocycles. The number of pyridine rings is 1. The monoisotopic (exact) mass is 403 g/mol. The number of benzene rings is 1. The van der Waals surface area contributed by atoms with Gasteiger partial charge in [-0.2, -0.15) is 0 Å². The molecule has 0 saturated carbocycles. The van der Waals surface area contributed by atoms with E-state index in [4.69, 9.17) is 4.42 Å². The topological polar surface area (TPSA) is 92.6 Å². The number of nitrogens with one attached hydrogen (secondary N) is 2. The van der Waals surface area contributed by atoms with E-state index in [1.165, 1.54) is 5.56 Å². The average Bonchev–Trinajstić information content (AvgIpc) is 3.41. The van der Waals surface area contributed by atoms with E-state index in [1.807, 2.05) is 53.1 Å². The third-order valence-electron chi connectivity index (χ3n) is 4.76. The summed E-state index contributed by atoms with van der Waals surface area (Å²) in [7, 11) is 1.75. The van der Waals surface area contributed by atoms with Gasteiger partial charge in [-0.1, -0.05) is 23.8 Å². The number of hydrogen-bond acceptors (Lipinski definition) is 5. The summed E-state index contributed by atoms with van der Waals surface area (Å²) < 4.78 is 7.62. The Kier molecular flexibility index (Phi) is 6.03. The van der Waals surface area contributed by atoms with Crippen LogP contribution in [0.4, 0.5) is 0 Å². The second-order valence-corrected chi connectivity index (χ2v) is 7.01. The smallest absolute Gasteiger partial charge is 0.226 e. The fourth-order valence-electron chi connectivity index (χ4n) is 3.13. The minimum atomic E-state index is 0.532. The molecule has 0 bridgehead atoms. The first kappa shape index (κ1) is 19.6. The number of rotatable bonds is 7. The van der Waals surface area contributed by atoms with Crippen molar-refractivity contribution < 1.29 is 4.42 Å². The van der Waals surface area contributed by atoms with Crippen molar-refractivity contribution in [3.05, 3.63) is 72.0 Å². The quantitative estimate of drug-likeness (QED) is 0.280. The minimum Gasteiger partial charge on any atom is -0.444 e. The zero-order valence-electron chi connectivity index (χ0n) is 17.2. The fraction of sp³-hybridized carbons (Fsp3) is 0.273. The summed E-state index contributed by atoms with van der Waals surface area (Å²) in [5.74, 6) is 2.30. The zero-order chi connectivity index (χ0) is 20.8. The number of aliphatic imine (C=N–C) groups is 1. The average molecular weight is 403 g/mol. The normalized spacial score (nSPS) is 11.7. The summed E-state index contributed by atoms with van der Waals surface area (Å²) in [6.07, 6.45) is 5.41. The molecule has 0 aliphatic heterocycles. The van der Waals surface area contributed by atoms with Crippen LogP contribution in [-0.4, -0.2) is 39.1 Å². The van der Waals surface area contributed by atoms with Crippen molar-refractivity contribution in [2.45, 2.75) is 26.3 Å². The van der Waals surface area contributed by atoms with Gasteiger partial charge < -0.3 is 15.1 Å². The molecule has 4 rings (SSSR count). The molecule has 30 heavy (non-hydrogen) atoms. The Bertz CT molecular complexity index is 1130. The molecule has 0 aliphatic rings. The number of nitrogens with zero attached hydrogens (tertiary/aromatic N) is 5. The number of aromatic nitrogens is 4. The molecule has 154 valence electrons. The number of hydrogen-bond donors (Lipinski definition) is 2. The second kappa shape index (κ2) is 9.21. The van der Waals surface area contributed by atoms with Gasteiger partial charge in [-0.15, -0.1) is 10.2 Å². The molecule has 0 unspecified atom stereocenters. The van der Waals surface area contributed by atoms with Gasteiger partial charge in [0.05, 0.1) is 12.2 Å². The van der Waals surface area contributed by atoms with E-state index >= 15 is 0 Å². The van der Waals surface area contributed by atoms with E-state index < -0.39 is 0 Å². The SMILES string of the molecule is CN=C(NCCCc1nnc2ccccn12)NCc1coc(-c2ccc(C)cc2)n1. The van der Waals surface area contributed by atoms with E-state index in [-0.39, 0.29) is 0 Å². The van der Waals surface area contributed by atoms with Crippen molar-refractivity contribution in [1.82, 2.24) is 30.2 Å². The highest BCUT2D eigenvalue weighted by atomic mass is 16.3.